The molecule has 9 nitrogen and oxygen atoms in total. The predicted molar refractivity (Wildman–Crippen MR) is 113 cm³/mol. The summed E-state index contributed by atoms with van der Waals surface area (Å²) < 4.78 is 5.80. The van der Waals surface area contributed by atoms with Gasteiger partial charge in [-0.25, -0.2) is 0 Å². The standard InChI is InChI=1S/C19H21BrN4O5/c1-29-11-10-21-16-7-2-13(12-17(16)24(27)28)19(26)22-9-8-18(25)23-15-5-3-14(20)4-6-15/h2-7,12,21H,8-11H2,1H3,(H,22,26)(H,23,25). The molecule has 0 unspecified atom stereocenters. The fraction of sp³-hybridized carbons (Fsp3) is 0.263. The maximum Gasteiger partial charge on any atom is 0.293 e. The Morgan fingerprint density at radius 1 is 1.14 bits per heavy atom. The number of nitrogens with zero attached hydrogens (tertiary/aromatic N) is 1. The van der Waals surface area contributed by atoms with E-state index in [0.29, 0.717) is 24.5 Å². The largest absolute Gasteiger partial charge is 0.383 e. The number of methoxy groups -OCH3 is 1. The SMILES string of the molecule is COCCNc1ccc(C(=O)NCCC(=O)Nc2ccc(Br)cc2)cc1[N+](=O)[O-]. The molecule has 3 N–H and O–H groups in total. The van der Waals surface area contributed by atoms with Gasteiger partial charge in [-0.05, 0) is 36.4 Å². The fourth-order valence-corrected chi connectivity index (χ4v) is 2.67. The first-order valence-corrected chi connectivity index (χ1v) is 9.55. The van der Waals surface area contributed by atoms with E-state index in [9.17, 15) is 19.7 Å². The normalized spacial score (nSPS) is 10.3. The second-order valence-electron chi connectivity index (χ2n) is 5.97. The molecule has 0 aliphatic carbocycles. The molecule has 0 aliphatic heterocycles. The lowest BCUT2D eigenvalue weighted by molar-refractivity contribution is -0.384. The van der Waals surface area contributed by atoms with Crippen LogP contribution in [0.25, 0.3) is 0 Å². The zero-order valence-electron chi connectivity index (χ0n) is 15.7. The molecule has 2 rings (SSSR count). The number of nitro groups is 1. The van der Waals surface area contributed by atoms with Gasteiger partial charge in [0, 0.05) is 48.4 Å². The molecule has 0 aromatic heterocycles. The van der Waals surface area contributed by atoms with Crippen molar-refractivity contribution in [3.8, 4) is 0 Å². The second-order valence-corrected chi connectivity index (χ2v) is 6.89. The smallest absolute Gasteiger partial charge is 0.293 e. The van der Waals surface area contributed by atoms with Crippen LogP contribution in [-0.2, 0) is 9.53 Å². The zero-order chi connectivity index (χ0) is 21.2. The Kier molecular flexibility index (Phi) is 8.56. The van der Waals surface area contributed by atoms with Crippen LogP contribution in [0, 0.1) is 10.1 Å². The van der Waals surface area contributed by atoms with Crippen molar-refractivity contribution in [2.75, 3.05) is 37.4 Å². The molecular formula is C19H21BrN4O5. The van der Waals surface area contributed by atoms with Gasteiger partial charge in [-0.2, -0.15) is 0 Å². The van der Waals surface area contributed by atoms with Gasteiger partial charge in [0.15, 0.2) is 0 Å². The average molecular weight is 465 g/mol. The van der Waals surface area contributed by atoms with Gasteiger partial charge in [0.1, 0.15) is 5.69 Å². The van der Waals surface area contributed by atoms with Crippen LogP contribution in [-0.4, -0.2) is 43.5 Å². The first kappa shape index (κ1) is 22.3. The Hall–Kier alpha value is -2.98. The lowest BCUT2D eigenvalue weighted by Gasteiger charge is -2.09. The van der Waals surface area contributed by atoms with E-state index in [0.717, 1.165) is 4.47 Å². The molecule has 2 aromatic carbocycles. The molecule has 0 saturated heterocycles. The van der Waals surface area contributed by atoms with E-state index in [2.05, 4.69) is 31.9 Å². The fourth-order valence-electron chi connectivity index (χ4n) is 2.41. The van der Waals surface area contributed by atoms with Crippen molar-refractivity contribution in [3.05, 3.63) is 62.6 Å². The van der Waals surface area contributed by atoms with E-state index in [1.807, 2.05) is 0 Å². The Labute approximate surface area is 176 Å². The van der Waals surface area contributed by atoms with Gasteiger partial charge in [-0.3, -0.25) is 19.7 Å². The van der Waals surface area contributed by atoms with Crippen LogP contribution in [0.4, 0.5) is 17.1 Å². The van der Waals surface area contributed by atoms with E-state index < -0.39 is 10.8 Å². The minimum Gasteiger partial charge on any atom is -0.383 e. The van der Waals surface area contributed by atoms with Gasteiger partial charge in [0.2, 0.25) is 5.91 Å². The third-order valence-electron chi connectivity index (χ3n) is 3.84. The number of nitro benzene ring substituents is 1. The summed E-state index contributed by atoms with van der Waals surface area (Å²) >= 11 is 3.31. The maximum absolute atomic E-state index is 12.3. The number of amides is 2. The van der Waals surface area contributed by atoms with E-state index in [-0.39, 0.29) is 30.1 Å². The van der Waals surface area contributed by atoms with Crippen molar-refractivity contribution in [3.63, 3.8) is 0 Å². The number of halogens is 1. The van der Waals surface area contributed by atoms with Gasteiger partial charge in [0.05, 0.1) is 11.5 Å². The van der Waals surface area contributed by atoms with E-state index >= 15 is 0 Å². The van der Waals surface area contributed by atoms with Crippen LogP contribution in [0.15, 0.2) is 46.9 Å². The van der Waals surface area contributed by atoms with Crippen LogP contribution in [0.1, 0.15) is 16.8 Å². The number of carbonyl (C=O) groups is 2. The molecule has 0 atom stereocenters. The molecule has 154 valence electrons. The summed E-state index contributed by atoms with van der Waals surface area (Å²) in [6.07, 6.45) is 0.0700. The molecule has 0 spiro atoms. The van der Waals surface area contributed by atoms with Crippen LogP contribution in [0.3, 0.4) is 0 Å². The van der Waals surface area contributed by atoms with Gasteiger partial charge in [0.25, 0.3) is 11.6 Å². The third kappa shape index (κ3) is 7.16. The highest BCUT2D eigenvalue weighted by Crippen LogP contribution is 2.25. The number of rotatable bonds is 10. The summed E-state index contributed by atoms with van der Waals surface area (Å²) in [5.41, 5.74) is 0.887. The molecule has 10 heteroatoms. The van der Waals surface area contributed by atoms with E-state index in [4.69, 9.17) is 4.74 Å². The average Bonchev–Trinajstić information content (AvgIpc) is 2.70. The van der Waals surface area contributed by atoms with Crippen molar-refractivity contribution in [2.45, 2.75) is 6.42 Å². The molecule has 0 saturated carbocycles. The Morgan fingerprint density at radius 3 is 2.52 bits per heavy atom. The minimum absolute atomic E-state index is 0.0700. The van der Waals surface area contributed by atoms with Crippen molar-refractivity contribution < 1.29 is 19.2 Å². The Bertz CT molecular complexity index is 873. The first-order valence-electron chi connectivity index (χ1n) is 8.75. The van der Waals surface area contributed by atoms with Crippen molar-refractivity contribution in [2.24, 2.45) is 0 Å². The number of benzene rings is 2. The van der Waals surface area contributed by atoms with Crippen molar-refractivity contribution in [1.82, 2.24) is 5.32 Å². The number of hydrogen-bond donors (Lipinski definition) is 3. The quantitative estimate of drug-likeness (QED) is 0.282. The van der Waals surface area contributed by atoms with Gasteiger partial charge in [-0.15, -0.1) is 0 Å². The molecule has 2 amide bonds. The second kappa shape index (κ2) is 11.1. The minimum atomic E-state index is -0.558. The molecule has 0 bridgehead atoms. The van der Waals surface area contributed by atoms with Gasteiger partial charge >= 0.3 is 0 Å². The summed E-state index contributed by atoms with van der Waals surface area (Å²) in [5, 5.41) is 19.5. The number of hydrogen-bond acceptors (Lipinski definition) is 6. The zero-order valence-corrected chi connectivity index (χ0v) is 17.3. The van der Waals surface area contributed by atoms with Crippen LogP contribution in [0.5, 0.6) is 0 Å². The summed E-state index contributed by atoms with van der Waals surface area (Å²) in [4.78, 5) is 34.9. The van der Waals surface area contributed by atoms with Gasteiger partial charge in [-0.1, -0.05) is 15.9 Å². The molecule has 0 aliphatic rings. The monoisotopic (exact) mass is 464 g/mol. The number of ether oxygens (including phenoxy) is 1. The highest BCUT2D eigenvalue weighted by Gasteiger charge is 2.17. The lowest BCUT2D eigenvalue weighted by atomic mass is 10.1. The highest BCUT2D eigenvalue weighted by atomic mass is 79.9. The van der Waals surface area contributed by atoms with Crippen LogP contribution < -0.4 is 16.0 Å². The maximum atomic E-state index is 12.3. The van der Waals surface area contributed by atoms with Crippen LogP contribution >= 0.6 is 15.9 Å². The number of nitrogens with one attached hydrogen (secondary N) is 3. The Balaban J connectivity index is 1.89. The molecular weight excluding hydrogens is 444 g/mol. The van der Waals surface area contributed by atoms with E-state index in [1.54, 1.807) is 24.3 Å². The number of anilines is 2. The molecule has 2 aromatic rings. The first-order chi connectivity index (χ1) is 13.9. The highest BCUT2D eigenvalue weighted by molar-refractivity contribution is 9.10. The topological polar surface area (TPSA) is 123 Å². The van der Waals surface area contributed by atoms with Crippen molar-refractivity contribution in [1.29, 1.82) is 0 Å². The van der Waals surface area contributed by atoms with Gasteiger partial charge < -0.3 is 20.7 Å². The molecule has 29 heavy (non-hydrogen) atoms. The summed E-state index contributed by atoms with van der Waals surface area (Å²) in [7, 11) is 1.53. The molecule has 0 fully saturated rings. The number of carbonyl (C=O) groups excluding carboxylic acids is 2. The lowest BCUT2D eigenvalue weighted by Crippen LogP contribution is -2.27. The predicted octanol–water partition coefficient (Wildman–Crippen LogP) is 3.17. The van der Waals surface area contributed by atoms with Crippen LogP contribution in [0.2, 0.25) is 0 Å². The van der Waals surface area contributed by atoms with E-state index in [1.165, 1.54) is 25.3 Å². The molecule has 0 radical (unpaired) electrons. The third-order valence-corrected chi connectivity index (χ3v) is 4.37. The summed E-state index contributed by atoms with van der Waals surface area (Å²) in [5.74, 6) is -0.746. The molecule has 0 heterocycles. The summed E-state index contributed by atoms with van der Waals surface area (Å²) in [6.45, 7) is 0.890. The summed E-state index contributed by atoms with van der Waals surface area (Å²) in [6, 6.07) is 11.3. The Morgan fingerprint density at radius 2 is 1.86 bits per heavy atom. The van der Waals surface area contributed by atoms with Crippen molar-refractivity contribution >= 4 is 44.8 Å².